The van der Waals surface area contributed by atoms with E-state index in [4.69, 9.17) is 5.73 Å². The lowest BCUT2D eigenvalue weighted by atomic mass is 9.83. The summed E-state index contributed by atoms with van der Waals surface area (Å²) in [6, 6.07) is 3.99. The van der Waals surface area contributed by atoms with Crippen LogP contribution in [0.15, 0.2) is 12.1 Å². The van der Waals surface area contributed by atoms with Gasteiger partial charge in [-0.2, -0.15) is 0 Å². The molecule has 1 rings (SSSR count). The normalized spacial score (nSPS) is 13.8. The van der Waals surface area contributed by atoms with Crippen molar-refractivity contribution in [1.82, 2.24) is 0 Å². The first kappa shape index (κ1) is 14.0. The van der Waals surface area contributed by atoms with Crippen LogP contribution in [0.3, 0.4) is 0 Å². The first-order chi connectivity index (χ1) is 7.77. The van der Waals surface area contributed by atoms with Gasteiger partial charge in [0, 0.05) is 11.6 Å². The van der Waals surface area contributed by atoms with Crippen molar-refractivity contribution >= 4 is 0 Å². The van der Waals surface area contributed by atoms with Crippen LogP contribution in [0.25, 0.3) is 0 Å². The highest BCUT2D eigenvalue weighted by molar-refractivity contribution is 5.48. The molecule has 2 nitrogen and oxygen atoms in total. The molecule has 0 saturated carbocycles. The van der Waals surface area contributed by atoms with Gasteiger partial charge in [-0.1, -0.05) is 51.8 Å². The summed E-state index contributed by atoms with van der Waals surface area (Å²) >= 11 is 0. The number of hydrogen-bond acceptors (Lipinski definition) is 2. The SMILES string of the molecule is CCCC(N)c1cc(C)cc(C(C)(C)C)c1O. The molecule has 2 heteroatoms. The molecule has 0 heterocycles. The zero-order valence-corrected chi connectivity index (χ0v) is 11.7. The third-order valence-electron chi connectivity index (χ3n) is 3.09. The van der Waals surface area contributed by atoms with E-state index >= 15 is 0 Å². The second kappa shape index (κ2) is 5.09. The molecule has 0 spiro atoms. The number of hydrogen-bond donors (Lipinski definition) is 2. The van der Waals surface area contributed by atoms with Crippen LogP contribution in [0.4, 0.5) is 0 Å². The van der Waals surface area contributed by atoms with Gasteiger partial charge < -0.3 is 10.8 Å². The fraction of sp³-hybridized carbons (Fsp3) is 0.600. The van der Waals surface area contributed by atoms with Gasteiger partial charge in [-0.3, -0.25) is 0 Å². The first-order valence-electron chi connectivity index (χ1n) is 6.37. The summed E-state index contributed by atoms with van der Waals surface area (Å²) in [5, 5.41) is 10.4. The van der Waals surface area contributed by atoms with Crippen molar-refractivity contribution in [3.63, 3.8) is 0 Å². The maximum atomic E-state index is 10.4. The van der Waals surface area contributed by atoms with Crippen LogP contribution in [0.2, 0.25) is 0 Å². The zero-order valence-electron chi connectivity index (χ0n) is 11.7. The maximum absolute atomic E-state index is 10.4. The van der Waals surface area contributed by atoms with Gasteiger partial charge in [0.15, 0.2) is 0 Å². The number of phenolic OH excluding ortho intramolecular Hbond substituents is 1. The lowest BCUT2D eigenvalue weighted by Gasteiger charge is -2.24. The highest BCUT2D eigenvalue weighted by Gasteiger charge is 2.22. The summed E-state index contributed by atoms with van der Waals surface area (Å²) in [6.07, 6.45) is 1.93. The molecule has 17 heavy (non-hydrogen) atoms. The molecule has 0 bridgehead atoms. The summed E-state index contributed by atoms with van der Waals surface area (Å²) in [5.41, 5.74) is 9.10. The summed E-state index contributed by atoms with van der Waals surface area (Å²) in [4.78, 5) is 0. The Bertz CT molecular complexity index is 391. The molecule has 3 N–H and O–H groups in total. The Morgan fingerprint density at radius 1 is 1.29 bits per heavy atom. The number of nitrogens with two attached hydrogens (primary N) is 1. The minimum Gasteiger partial charge on any atom is -0.507 e. The van der Waals surface area contributed by atoms with Crippen molar-refractivity contribution < 1.29 is 5.11 Å². The van der Waals surface area contributed by atoms with Crippen LogP contribution in [-0.4, -0.2) is 5.11 Å². The second-order valence-corrected chi connectivity index (χ2v) is 5.90. The van der Waals surface area contributed by atoms with Crippen LogP contribution in [-0.2, 0) is 5.41 Å². The standard InChI is InChI=1S/C15H25NO/c1-6-7-13(16)11-8-10(2)9-12(14(11)17)15(3,4)5/h8-9,13,17H,6-7,16H2,1-5H3. The van der Waals surface area contributed by atoms with Crippen molar-refractivity contribution in [3.05, 3.63) is 28.8 Å². The highest BCUT2D eigenvalue weighted by Crippen LogP contribution is 2.37. The molecule has 0 radical (unpaired) electrons. The van der Waals surface area contributed by atoms with Crippen LogP contribution < -0.4 is 5.73 Å². The molecule has 1 unspecified atom stereocenters. The lowest BCUT2D eigenvalue weighted by molar-refractivity contribution is 0.432. The van der Waals surface area contributed by atoms with Gasteiger partial charge in [-0.25, -0.2) is 0 Å². The fourth-order valence-electron chi connectivity index (χ4n) is 2.13. The maximum Gasteiger partial charge on any atom is 0.124 e. The minimum atomic E-state index is -0.0685. The van der Waals surface area contributed by atoms with E-state index in [0.717, 1.165) is 29.5 Å². The van der Waals surface area contributed by atoms with Crippen molar-refractivity contribution in [3.8, 4) is 5.75 Å². The molecule has 0 aromatic heterocycles. The topological polar surface area (TPSA) is 46.2 Å². The number of aromatic hydroxyl groups is 1. The molecule has 1 aromatic carbocycles. The smallest absolute Gasteiger partial charge is 0.124 e. The largest absolute Gasteiger partial charge is 0.507 e. The summed E-state index contributed by atoms with van der Waals surface area (Å²) in [7, 11) is 0. The molecule has 96 valence electrons. The first-order valence-corrected chi connectivity index (χ1v) is 6.37. The number of aryl methyl sites for hydroxylation is 1. The van der Waals surface area contributed by atoms with Crippen LogP contribution >= 0.6 is 0 Å². The quantitative estimate of drug-likeness (QED) is 0.837. The van der Waals surface area contributed by atoms with E-state index in [1.54, 1.807) is 0 Å². The molecular weight excluding hydrogens is 210 g/mol. The third-order valence-corrected chi connectivity index (χ3v) is 3.09. The van der Waals surface area contributed by atoms with Gasteiger partial charge in [0.05, 0.1) is 0 Å². The Kier molecular flexibility index (Phi) is 4.21. The molecule has 0 amide bonds. The van der Waals surface area contributed by atoms with Crippen LogP contribution in [0.1, 0.15) is 63.3 Å². The Balaban J connectivity index is 3.28. The molecule has 0 aliphatic heterocycles. The van der Waals surface area contributed by atoms with Gasteiger partial charge >= 0.3 is 0 Å². The molecule has 1 atom stereocenters. The fourth-order valence-corrected chi connectivity index (χ4v) is 2.13. The molecule has 1 aromatic rings. The number of benzene rings is 1. The zero-order chi connectivity index (χ0) is 13.2. The van der Waals surface area contributed by atoms with E-state index in [0.29, 0.717) is 5.75 Å². The Morgan fingerprint density at radius 3 is 2.35 bits per heavy atom. The van der Waals surface area contributed by atoms with Crippen molar-refractivity contribution in [1.29, 1.82) is 0 Å². The summed E-state index contributed by atoms with van der Waals surface area (Å²) in [5.74, 6) is 0.379. The molecule has 0 aliphatic rings. The summed E-state index contributed by atoms with van der Waals surface area (Å²) < 4.78 is 0. The Morgan fingerprint density at radius 2 is 1.88 bits per heavy atom. The van der Waals surface area contributed by atoms with E-state index in [1.807, 2.05) is 6.07 Å². The van der Waals surface area contributed by atoms with Crippen molar-refractivity contribution in [2.75, 3.05) is 0 Å². The Labute approximate surface area is 105 Å². The van der Waals surface area contributed by atoms with Crippen molar-refractivity contribution in [2.45, 2.75) is 58.9 Å². The van der Waals surface area contributed by atoms with Gasteiger partial charge in [-0.05, 0) is 24.3 Å². The molecule has 0 aliphatic carbocycles. The van der Waals surface area contributed by atoms with E-state index < -0.39 is 0 Å². The third kappa shape index (κ3) is 3.22. The van der Waals surface area contributed by atoms with Gasteiger partial charge in [0.2, 0.25) is 0 Å². The lowest BCUT2D eigenvalue weighted by Crippen LogP contribution is -2.16. The van der Waals surface area contributed by atoms with Crippen LogP contribution in [0, 0.1) is 6.92 Å². The highest BCUT2D eigenvalue weighted by atomic mass is 16.3. The van der Waals surface area contributed by atoms with E-state index in [1.165, 1.54) is 0 Å². The van der Waals surface area contributed by atoms with E-state index in [9.17, 15) is 5.11 Å². The van der Waals surface area contributed by atoms with Gasteiger partial charge in [0.25, 0.3) is 0 Å². The molecule has 0 saturated heterocycles. The summed E-state index contributed by atoms with van der Waals surface area (Å²) in [6.45, 7) is 10.5. The Hall–Kier alpha value is -1.02. The van der Waals surface area contributed by atoms with Crippen LogP contribution in [0.5, 0.6) is 5.75 Å². The predicted molar refractivity (Wildman–Crippen MR) is 73.4 cm³/mol. The molecular formula is C15H25NO. The number of rotatable bonds is 3. The van der Waals surface area contributed by atoms with Gasteiger partial charge in [0.1, 0.15) is 5.75 Å². The van der Waals surface area contributed by atoms with Crippen molar-refractivity contribution in [2.24, 2.45) is 5.73 Å². The van der Waals surface area contributed by atoms with E-state index in [2.05, 4.69) is 40.7 Å². The average molecular weight is 235 g/mol. The second-order valence-electron chi connectivity index (χ2n) is 5.90. The van der Waals surface area contributed by atoms with E-state index in [-0.39, 0.29) is 11.5 Å². The minimum absolute atomic E-state index is 0.0587. The molecule has 0 fully saturated rings. The predicted octanol–water partition coefficient (Wildman–Crippen LogP) is 3.80. The monoisotopic (exact) mass is 235 g/mol. The average Bonchev–Trinajstić information content (AvgIpc) is 2.19. The number of phenols is 1. The van der Waals surface area contributed by atoms with Gasteiger partial charge in [-0.15, -0.1) is 0 Å².